The van der Waals surface area contributed by atoms with Gasteiger partial charge in [0.25, 0.3) is 0 Å². The summed E-state index contributed by atoms with van der Waals surface area (Å²) in [6.45, 7) is 3.92. The molecule has 2 aliphatic rings. The smallest absolute Gasteiger partial charge is 0.411 e. The molecule has 33 heavy (non-hydrogen) atoms. The van der Waals surface area contributed by atoms with Crippen molar-refractivity contribution in [2.24, 2.45) is 0 Å². The first-order valence-electron chi connectivity index (χ1n) is 11.1. The Bertz CT molecular complexity index is 1200. The normalized spacial score (nSPS) is 22.1. The molecule has 0 N–H and O–H groups in total. The van der Waals surface area contributed by atoms with E-state index in [2.05, 4.69) is 21.0 Å². The van der Waals surface area contributed by atoms with Gasteiger partial charge in [0.2, 0.25) is 5.95 Å². The highest BCUT2D eigenvalue weighted by Crippen LogP contribution is 2.45. The lowest BCUT2D eigenvalue weighted by Gasteiger charge is -2.36. The molecule has 0 bridgehead atoms. The summed E-state index contributed by atoms with van der Waals surface area (Å²) in [5.41, 5.74) is 2.66. The SMILES string of the molecule is CC1(C)OC(=O)N(C2CC=C(c3cnc(F)c(-c4ncccn4)c3)CC2)C1c1ccccc1. The third kappa shape index (κ3) is 3.99. The molecule has 1 fully saturated rings. The second kappa shape index (κ2) is 8.39. The van der Waals surface area contributed by atoms with Gasteiger partial charge in [0.05, 0.1) is 11.6 Å². The third-order valence-electron chi connectivity index (χ3n) is 6.41. The fraction of sp³-hybridized carbons (Fsp3) is 0.308. The summed E-state index contributed by atoms with van der Waals surface area (Å²) in [6, 6.07) is 13.4. The van der Waals surface area contributed by atoms with E-state index in [-0.39, 0.29) is 23.7 Å². The number of allylic oxidation sites excluding steroid dienone is 1. The highest BCUT2D eigenvalue weighted by molar-refractivity contribution is 5.74. The maximum absolute atomic E-state index is 14.3. The van der Waals surface area contributed by atoms with E-state index >= 15 is 0 Å². The van der Waals surface area contributed by atoms with Crippen molar-refractivity contribution in [3.8, 4) is 11.4 Å². The largest absolute Gasteiger partial charge is 0.441 e. The summed E-state index contributed by atoms with van der Waals surface area (Å²) in [7, 11) is 0. The monoisotopic (exact) mass is 444 g/mol. The van der Waals surface area contributed by atoms with Gasteiger partial charge in [-0.2, -0.15) is 4.39 Å². The Kier molecular flexibility index (Phi) is 5.40. The van der Waals surface area contributed by atoms with E-state index in [1.54, 1.807) is 30.7 Å². The molecule has 1 aromatic carbocycles. The first-order valence-corrected chi connectivity index (χ1v) is 11.1. The van der Waals surface area contributed by atoms with E-state index in [4.69, 9.17) is 4.74 Å². The zero-order chi connectivity index (χ0) is 23.0. The Labute approximate surface area is 192 Å². The standard InChI is InChI=1S/C26H25FN4O2/c1-26(2)22(18-7-4-3-5-8-18)31(25(32)33-26)20-11-9-17(10-12-20)19-15-21(23(27)30-16-19)24-28-13-6-14-29-24/h3-9,13-16,20,22H,10-12H2,1-2H3. The average molecular weight is 445 g/mol. The van der Waals surface area contributed by atoms with Gasteiger partial charge in [0.1, 0.15) is 5.60 Å². The Balaban J connectivity index is 1.41. The number of halogens is 1. The number of carbonyl (C=O) groups excluding carboxylic acids is 1. The van der Waals surface area contributed by atoms with Crippen LogP contribution >= 0.6 is 0 Å². The van der Waals surface area contributed by atoms with E-state index in [1.807, 2.05) is 49.1 Å². The van der Waals surface area contributed by atoms with Gasteiger partial charge < -0.3 is 4.74 Å². The Hall–Kier alpha value is -3.61. The van der Waals surface area contributed by atoms with Gasteiger partial charge >= 0.3 is 6.09 Å². The number of hydrogen-bond acceptors (Lipinski definition) is 5. The van der Waals surface area contributed by atoms with Crippen LogP contribution in [-0.4, -0.2) is 37.6 Å². The first kappa shape index (κ1) is 21.2. The molecular formula is C26H25FN4O2. The number of amides is 1. The van der Waals surface area contributed by atoms with Gasteiger partial charge in [0, 0.05) is 24.6 Å². The van der Waals surface area contributed by atoms with Crippen molar-refractivity contribution in [3.63, 3.8) is 0 Å². The average Bonchev–Trinajstić information content (AvgIpc) is 3.08. The second-order valence-electron chi connectivity index (χ2n) is 8.98. The first-order chi connectivity index (χ1) is 15.9. The zero-order valence-corrected chi connectivity index (χ0v) is 18.6. The number of benzene rings is 1. The van der Waals surface area contributed by atoms with Crippen molar-refractivity contribution in [1.29, 1.82) is 0 Å². The predicted octanol–water partition coefficient (Wildman–Crippen LogP) is 5.59. The van der Waals surface area contributed by atoms with E-state index in [1.165, 1.54) is 0 Å². The van der Waals surface area contributed by atoms with Gasteiger partial charge in [0.15, 0.2) is 5.82 Å². The Morgan fingerprint density at radius 2 is 1.85 bits per heavy atom. The number of hydrogen-bond donors (Lipinski definition) is 0. The van der Waals surface area contributed by atoms with Crippen molar-refractivity contribution >= 4 is 11.7 Å². The molecule has 0 spiro atoms. The molecule has 1 aliphatic heterocycles. The maximum atomic E-state index is 14.3. The minimum absolute atomic E-state index is 0.0264. The molecule has 5 rings (SSSR count). The van der Waals surface area contributed by atoms with E-state index in [9.17, 15) is 9.18 Å². The van der Waals surface area contributed by atoms with E-state index in [0.29, 0.717) is 12.2 Å². The van der Waals surface area contributed by atoms with Crippen LogP contribution in [0.3, 0.4) is 0 Å². The van der Waals surface area contributed by atoms with Gasteiger partial charge in [-0.1, -0.05) is 36.4 Å². The van der Waals surface area contributed by atoms with Gasteiger partial charge in [-0.05, 0) is 61.9 Å². The van der Waals surface area contributed by atoms with Crippen LogP contribution in [0.2, 0.25) is 0 Å². The third-order valence-corrected chi connectivity index (χ3v) is 6.41. The lowest BCUT2D eigenvalue weighted by molar-refractivity contribution is 0.0668. The van der Waals surface area contributed by atoms with Crippen LogP contribution in [0.5, 0.6) is 0 Å². The molecule has 1 amide bonds. The van der Waals surface area contributed by atoms with Gasteiger partial charge in [-0.3, -0.25) is 4.90 Å². The molecular weight excluding hydrogens is 419 g/mol. The molecule has 2 atom stereocenters. The topological polar surface area (TPSA) is 68.2 Å². The second-order valence-corrected chi connectivity index (χ2v) is 8.98. The van der Waals surface area contributed by atoms with Crippen molar-refractivity contribution in [2.75, 3.05) is 0 Å². The minimum Gasteiger partial charge on any atom is -0.441 e. The Morgan fingerprint density at radius 3 is 2.55 bits per heavy atom. The number of nitrogens with zero attached hydrogens (tertiary/aromatic N) is 4. The van der Waals surface area contributed by atoms with E-state index in [0.717, 1.165) is 29.5 Å². The van der Waals surface area contributed by atoms with Crippen LogP contribution < -0.4 is 0 Å². The van der Waals surface area contributed by atoms with E-state index < -0.39 is 11.5 Å². The molecule has 0 radical (unpaired) electrons. The maximum Gasteiger partial charge on any atom is 0.411 e. The summed E-state index contributed by atoms with van der Waals surface area (Å²) in [4.78, 5) is 27.0. The van der Waals surface area contributed by atoms with Crippen LogP contribution in [0.4, 0.5) is 9.18 Å². The molecule has 7 heteroatoms. The molecule has 3 heterocycles. The molecule has 2 unspecified atom stereocenters. The molecule has 1 saturated heterocycles. The highest BCUT2D eigenvalue weighted by atomic mass is 19.1. The lowest BCUT2D eigenvalue weighted by atomic mass is 9.86. The van der Waals surface area contributed by atoms with Crippen molar-refractivity contribution in [1.82, 2.24) is 19.9 Å². The van der Waals surface area contributed by atoms with Gasteiger partial charge in [-0.15, -0.1) is 0 Å². The minimum atomic E-state index is -0.617. The van der Waals surface area contributed by atoms with Crippen LogP contribution in [-0.2, 0) is 4.74 Å². The van der Waals surface area contributed by atoms with Crippen LogP contribution in [0.15, 0.2) is 67.1 Å². The number of carbonyl (C=O) groups is 1. The summed E-state index contributed by atoms with van der Waals surface area (Å²) in [5, 5.41) is 0. The van der Waals surface area contributed by atoms with Crippen LogP contribution in [0.25, 0.3) is 17.0 Å². The van der Waals surface area contributed by atoms with Crippen LogP contribution in [0.1, 0.15) is 50.3 Å². The quantitative estimate of drug-likeness (QED) is 0.491. The predicted molar refractivity (Wildman–Crippen MR) is 122 cm³/mol. The molecule has 3 aromatic rings. The van der Waals surface area contributed by atoms with Crippen molar-refractivity contribution < 1.29 is 13.9 Å². The highest BCUT2D eigenvalue weighted by Gasteiger charge is 2.50. The molecule has 0 saturated carbocycles. The van der Waals surface area contributed by atoms with Gasteiger partial charge in [-0.25, -0.2) is 19.7 Å². The summed E-state index contributed by atoms with van der Waals surface area (Å²) < 4.78 is 20.1. The number of aromatic nitrogens is 3. The molecule has 1 aliphatic carbocycles. The van der Waals surface area contributed by atoms with Crippen LogP contribution in [0, 0.1) is 5.95 Å². The number of pyridine rings is 1. The zero-order valence-electron chi connectivity index (χ0n) is 18.6. The number of rotatable bonds is 4. The summed E-state index contributed by atoms with van der Waals surface area (Å²) in [6.07, 6.45) is 8.79. The Morgan fingerprint density at radius 1 is 1.09 bits per heavy atom. The fourth-order valence-corrected chi connectivity index (χ4v) is 4.88. The summed E-state index contributed by atoms with van der Waals surface area (Å²) in [5.74, 6) is -0.279. The number of cyclic esters (lactones) is 1. The molecule has 168 valence electrons. The summed E-state index contributed by atoms with van der Waals surface area (Å²) >= 11 is 0. The van der Waals surface area contributed by atoms with Crippen molar-refractivity contribution in [3.05, 3.63) is 84.2 Å². The lowest BCUT2D eigenvalue weighted by Crippen LogP contribution is -2.41. The van der Waals surface area contributed by atoms with Crippen molar-refractivity contribution in [2.45, 2.75) is 50.8 Å². The molecule has 6 nitrogen and oxygen atoms in total. The fourth-order valence-electron chi connectivity index (χ4n) is 4.88. The number of ether oxygens (including phenoxy) is 1. The molecule has 2 aromatic heterocycles.